The summed E-state index contributed by atoms with van der Waals surface area (Å²) in [5.41, 5.74) is 3.76. The lowest BCUT2D eigenvalue weighted by atomic mass is 9.72. The molecule has 2 aromatic carbocycles. The van der Waals surface area contributed by atoms with Crippen LogP contribution in [0.5, 0.6) is 11.5 Å². The molecule has 1 aliphatic heterocycles. The van der Waals surface area contributed by atoms with Crippen LogP contribution in [0.2, 0.25) is 0 Å². The Labute approximate surface area is 212 Å². The van der Waals surface area contributed by atoms with Crippen molar-refractivity contribution in [1.82, 2.24) is 0 Å². The second kappa shape index (κ2) is 9.19. The first-order chi connectivity index (χ1) is 16.3. The zero-order chi connectivity index (χ0) is 23.9. The van der Waals surface area contributed by atoms with E-state index in [0.717, 1.165) is 57.0 Å². The summed E-state index contributed by atoms with van der Waals surface area (Å²) < 4.78 is 11.9. The molecule has 0 bridgehead atoms. The predicted molar refractivity (Wildman–Crippen MR) is 141 cm³/mol. The fourth-order valence-electron chi connectivity index (χ4n) is 4.49. The molecule has 0 unspecified atom stereocenters. The maximum atomic E-state index is 13.5. The summed E-state index contributed by atoms with van der Waals surface area (Å²) in [7, 11) is 0. The highest BCUT2D eigenvalue weighted by molar-refractivity contribution is 9.10. The van der Waals surface area contributed by atoms with Gasteiger partial charge in [-0.3, -0.25) is 4.79 Å². The number of halogens is 1. The molecule has 0 saturated carbocycles. The van der Waals surface area contributed by atoms with E-state index in [-0.39, 0.29) is 18.1 Å². The van der Waals surface area contributed by atoms with Crippen LogP contribution in [0.15, 0.2) is 51.9 Å². The second-order valence-electron chi connectivity index (χ2n) is 9.82. The highest BCUT2D eigenvalue weighted by Gasteiger charge is 2.33. The van der Waals surface area contributed by atoms with E-state index < -0.39 is 0 Å². The molecule has 7 heteroatoms. The zero-order valence-corrected chi connectivity index (χ0v) is 21.9. The van der Waals surface area contributed by atoms with Gasteiger partial charge in [0.05, 0.1) is 5.56 Å². The van der Waals surface area contributed by atoms with Gasteiger partial charge in [-0.15, -0.1) is 11.3 Å². The number of nitrogens with one attached hydrogen (secondary N) is 1. The Morgan fingerprint density at radius 1 is 1.15 bits per heavy atom. The van der Waals surface area contributed by atoms with Gasteiger partial charge in [0.1, 0.15) is 5.00 Å². The second-order valence-corrected chi connectivity index (χ2v) is 11.8. The van der Waals surface area contributed by atoms with Crippen molar-refractivity contribution in [3.05, 3.63) is 68.5 Å². The number of anilines is 1. The maximum absolute atomic E-state index is 13.5. The molecular weight excluding hydrogens is 512 g/mol. The first kappa shape index (κ1) is 23.1. The summed E-state index contributed by atoms with van der Waals surface area (Å²) in [6, 6.07) is 13.4. The molecule has 0 saturated heterocycles. The Balaban J connectivity index is 1.48. The molecule has 1 amide bonds. The summed E-state index contributed by atoms with van der Waals surface area (Å²) in [5, 5.41) is 3.83. The molecule has 5 rings (SSSR count). The van der Waals surface area contributed by atoms with Gasteiger partial charge in [0.2, 0.25) is 6.79 Å². The minimum atomic E-state index is -0.105. The van der Waals surface area contributed by atoms with Crippen LogP contribution in [0.25, 0.3) is 0 Å². The number of thiophene rings is 1. The Hall–Kier alpha value is -2.64. The van der Waals surface area contributed by atoms with Crippen LogP contribution in [0, 0.1) is 11.3 Å². The van der Waals surface area contributed by atoms with Crippen molar-refractivity contribution in [3.8, 4) is 11.5 Å². The topological polar surface area (TPSA) is 59.9 Å². The van der Waals surface area contributed by atoms with Crippen molar-refractivity contribution in [1.29, 1.82) is 0 Å². The van der Waals surface area contributed by atoms with Crippen molar-refractivity contribution in [2.24, 2.45) is 16.3 Å². The number of hydrogen-bond donors (Lipinski definition) is 1. The van der Waals surface area contributed by atoms with Gasteiger partial charge < -0.3 is 14.8 Å². The quantitative estimate of drug-likeness (QED) is 0.352. The van der Waals surface area contributed by atoms with E-state index in [1.165, 1.54) is 4.88 Å². The Morgan fingerprint density at radius 2 is 1.91 bits per heavy atom. The number of nitrogens with zero attached hydrogens (tertiary/aromatic N) is 1. The normalized spacial score (nSPS) is 17.1. The molecule has 1 N–H and O–H groups in total. The molecule has 1 aromatic heterocycles. The number of aliphatic imine (C=N–C) groups is 1. The van der Waals surface area contributed by atoms with Gasteiger partial charge in [0.15, 0.2) is 11.5 Å². The van der Waals surface area contributed by atoms with Crippen molar-refractivity contribution in [3.63, 3.8) is 0 Å². The van der Waals surface area contributed by atoms with Crippen LogP contribution in [0.1, 0.15) is 53.6 Å². The molecule has 2 aliphatic rings. The van der Waals surface area contributed by atoms with Crippen molar-refractivity contribution in [2.75, 3.05) is 12.1 Å². The Morgan fingerprint density at radius 3 is 2.68 bits per heavy atom. The van der Waals surface area contributed by atoms with E-state index in [2.05, 4.69) is 42.0 Å². The average Bonchev–Trinajstić information content (AvgIpc) is 3.41. The van der Waals surface area contributed by atoms with Gasteiger partial charge in [0, 0.05) is 21.3 Å². The van der Waals surface area contributed by atoms with Crippen LogP contribution in [0.4, 0.5) is 10.7 Å². The number of ether oxygens (including phenoxy) is 2. The summed E-state index contributed by atoms with van der Waals surface area (Å²) in [6.45, 7) is 7.14. The van der Waals surface area contributed by atoms with E-state index >= 15 is 0 Å². The fraction of sp³-hybridized carbons (Fsp3) is 0.333. The third-order valence-corrected chi connectivity index (χ3v) is 8.22. The van der Waals surface area contributed by atoms with Crippen LogP contribution < -0.4 is 14.8 Å². The number of hydrogen-bond acceptors (Lipinski definition) is 5. The molecule has 1 aliphatic carbocycles. The lowest BCUT2D eigenvalue weighted by Gasteiger charge is -2.33. The molecular formula is C27H27BrN2O3S. The highest BCUT2D eigenvalue weighted by Crippen LogP contribution is 2.45. The molecule has 1 atom stereocenters. The van der Waals surface area contributed by atoms with Gasteiger partial charge in [-0.1, -0.05) is 36.7 Å². The summed E-state index contributed by atoms with van der Waals surface area (Å²) >= 11 is 5.09. The number of benzene rings is 2. The summed E-state index contributed by atoms with van der Waals surface area (Å²) in [6.07, 6.45) is 4.77. The SMILES string of the molecule is CC(C)(C)[C@H]1CCc2c(sc(N=Cc3ccc4c(c3)OCO4)c2C(=O)Nc2ccc(Br)cc2)C1. The summed E-state index contributed by atoms with van der Waals surface area (Å²) in [4.78, 5) is 19.6. The van der Waals surface area contributed by atoms with Crippen molar-refractivity contribution in [2.45, 2.75) is 40.0 Å². The van der Waals surface area contributed by atoms with E-state index in [9.17, 15) is 4.79 Å². The molecule has 5 nitrogen and oxygen atoms in total. The maximum Gasteiger partial charge on any atom is 0.259 e. The van der Waals surface area contributed by atoms with Crippen LogP contribution in [-0.2, 0) is 12.8 Å². The van der Waals surface area contributed by atoms with E-state index in [1.54, 1.807) is 17.6 Å². The molecule has 0 radical (unpaired) electrons. The Kier molecular flexibility index (Phi) is 6.25. The van der Waals surface area contributed by atoms with Gasteiger partial charge in [0.25, 0.3) is 5.91 Å². The lowest BCUT2D eigenvalue weighted by molar-refractivity contribution is 0.102. The van der Waals surface area contributed by atoms with E-state index in [0.29, 0.717) is 11.5 Å². The third-order valence-electron chi connectivity index (χ3n) is 6.53. The predicted octanol–water partition coefficient (Wildman–Crippen LogP) is 7.39. The first-order valence-electron chi connectivity index (χ1n) is 11.4. The fourth-order valence-corrected chi connectivity index (χ4v) is 6.02. The smallest absolute Gasteiger partial charge is 0.259 e. The number of rotatable bonds is 4. The highest BCUT2D eigenvalue weighted by atomic mass is 79.9. The van der Waals surface area contributed by atoms with Gasteiger partial charge in [-0.2, -0.15) is 0 Å². The molecule has 176 valence electrons. The molecule has 34 heavy (non-hydrogen) atoms. The van der Waals surface area contributed by atoms with Gasteiger partial charge in [-0.25, -0.2) is 4.99 Å². The zero-order valence-electron chi connectivity index (χ0n) is 19.5. The van der Waals surface area contributed by atoms with Gasteiger partial charge >= 0.3 is 0 Å². The molecule has 3 aromatic rings. The first-order valence-corrected chi connectivity index (χ1v) is 13.0. The van der Waals surface area contributed by atoms with Crippen molar-refractivity contribution >= 4 is 50.1 Å². The van der Waals surface area contributed by atoms with Crippen molar-refractivity contribution < 1.29 is 14.3 Å². The minimum absolute atomic E-state index is 0.105. The molecule has 0 fully saturated rings. The molecule has 2 heterocycles. The summed E-state index contributed by atoms with van der Waals surface area (Å²) in [5.74, 6) is 1.95. The van der Waals surface area contributed by atoms with Crippen LogP contribution in [-0.4, -0.2) is 18.9 Å². The lowest BCUT2D eigenvalue weighted by Crippen LogP contribution is -2.27. The van der Waals surface area contributed by atoms with Crippen LogP contribution in [0.3, 0.4) is 0 Å². The van der Waals surface area contributed by atoms with E-state index in [4.69, 9.17) is 14.5 Å². The molecule has 0 spiro atoms. The monoisotopic (exact) mass is 538 g/mol. The van der Waals surface area contributed by atoms with Crippen LogP contribution >= 0.6 is 27.3 Å². The number of amides is 1. The number of fused-ring (bicyclic) bond motifs is 2. The average molecular weight is 539 g/mol. The standard InChI is InChI=1S/C27H27BrN2O3S/c1-27(2,3)17-5-10-20-23(13-17)34-26(24(20)25(31)30-19-8-6-18(28)7-9-19)29-14-16-4-11-21-22(12-16)33-15-32-21/h4,6-9,11-12,14,17H,5,10,13,15H2,1-3H3,(H,30,31)/t17-/m0/s1. The number of carbonyl (C=O) groups excluding carboxylic acids is 1. The van der Waals surface area contributed by atoms with E-state index in [1.807, 2.05) is 42.5 Å². The Bertz CT molecular complexity index is 1260. The largest absolute Gasteiger partial charge is 0.454 e. The third kappa shape index (κ3) is 4.77. The van der Waals surface area contributed by atoms with Gasteiger partial charge in [-0.05, 0) is 84.2 Å². The number of carbonyl (C=O) groups is 1. The minimum Gasteiger partial charge on any atom is -0.454 e.